The van der Waals surface area contributed by atoms with Gasteiger partial charge in [-0.05, 0) is 61.4 Å². The van der Waals surface area contributed by atoms with Gasteiger partial charge in [-0.2, -0.15) is 5.10 Å². The summed E-state index contributed by atoms with van der Waals surface area (Å²) in [6.07, 6.45) is 6.55. The van der Waals surface area contributed by atoms with Crippen LogP contribution in [-0.2, 0) is 4.79 Å². The van der Waals surface area contributed by atoms with Crippen molar-refractivity contribution < 1.29 is 14.0 Å². The Morgan fingerprint density at radius 2 is 1.77 bits per heavy atom. The number of amides is 2. The molecule has 5 rings (SSSR count). The van der Waals surface area contributed by atoms with Crippen molar-refractivity contribution in [3.05, 3.63) is 95.7 Å². The highest BCUT2D eigenvalue weighted by molar-refractivity contribution is 6.33. The molecule has 1 fully saturated rings. The van der Waals surface area contributed by atoms with Gasteiger partial charge in [0.05, 0.1) is 28.5 Å². The number of hydrogen-bond donors (Lipinski definition) is 1. The van der Waals surface area contributed by atoms with Gasteiger partial charge in [-0.3, -0.25) is 9.59 Å². The molecule has 9 heteroatoms. The fourth-order valence-corrected chi connectivity index (χ4v) is 4.51. The van der Waals surface area contributed by atoms with Crippen LogP contribution in [0, 0.1) is 11.7 Å². The highest BCUT2D eigenvalue weighted by atomic mass is 35.5. The largest absolute Gasteiger partial charge is 0.338 e. The molecule has 0 spiro atoms. The second-order valence-corrected chi connectivity index (χ2v) is 8.83. The number of piperidine rings is 1. The summed E-state index contributed by atoms with van der Waals surface area (Å²) in [6.45, 7) is 0.837. The Bertz CT molecular complexity index is 1350. The summed E-state index contributed by atoms with van der Waals surface area (Å²) in [5.74, 6) is -0.532. The summed E-state index contributed by atoms with van der Waals surface area (Å²) in [6, 6.07) is 16.7. The fraction of sp³-hybridized carbons (Fsp3) is 0.192. The van der Waals surface area contributed by atoms with Crippen molar-refractivity contribution in [1.29, 1.82) is 0 Å². The Kier molecular flexibility index (Phi) is 6.37. The number of benzene rings is 2. The second kappa shape index (κ2) is 9.76. The molecule has 1 atom stereocenters. The summed E-state index contributed by atoms with van der Waals surface area (Å²) in [4.78, 5) is 28.3. The van der Waals surface area contributed by atoms with Crippen LogP contribution in [0.5, 0.6) is 0 Å². The van der Waals surface area contributed by atoms with Gasteiger partial charge >= 0.3 is 0 Å². The summed E-state index contributed by atoms with van der Waals surface area (Å²) >= 11 is 6.18. The minimum Gasteiger partial charge on any atom is -0.338 e. The molecule has 1 aliphatic rings. The van der Waals surface area contributed by atoms with Gasteiger partial charge in [-0.15, -0.1) is 0 Å². The summed E-state index contributed by atoms with van der Waals surface area (Å²) in [5, 5.41) is 7.79. The van der Waals surface area contributed by atoms with Gasteiger partial charge in [-0.25, -0.2) is 9.07 Å². The van der Waals surface area contributed by atoms with Crippen LogP contribution in [0.15, 0.2) is 79.3 Å². The quantitative estimate of drug-likeness (QED) is 0.429. The van der Waals surface area contributed by atoms with Gasteiger partial charge in [0.1, 0.15) is 11.4 Å². The zero-order chi connectivity index (χ0) is 24.4. The van der Waals surface area contributed by atoms with Crippen LogP contribution in [0.25, 0.3) is 11.5 Å². The van der Waals surface area contributed by atoms with Crippen molar-refractivity contribution >= 4 is 29.1 Å². The molecular formula is C26H23ClFN5O2. The molecule has 7 nitrogen and oxygen atoms in total. The van der Waals surface area contributed by atoms with E-state index in [2.05, 4.69) is 10.4 Å². The number of aromatic nitrogens is 3. The molecule has 178 valence electrons. The van der Waals surface area contributed by atoms with Crippen LogP contribution in [0.1, 0.15) is 23.2 Å². The van der Waals surface area contributed by atoms with Gasteiger partial charge in [0.25, 0.3) is 5.91 Å². The van der Waals surface area contributed by atoms with Gasteiger partial charge in [0, 0.05) is 25.5 Å². The molecule has 0 unspecified atom stereocenters. The summed E-state index contributed by atoms with van der Waals surface area (Å²) < 4.78 is 16.9. The molecule has 2 aromatic heterocycles. The molecule has 0 bridgehead atoms. The average Bonchev–Trinajstić information content (AvgIpc) is 3.55. The maximum atomic E-state index is 13.6. The molecule has 4 aromatic rings. The van der Waals surface area contributed by atoms with Crippen molar-refractivity contribution in [2.45, 2.75) is 12.8 Å². The van der Waals surface area contributed by atoms with Crippen molar-refractivity contribution in [3.8, 4) is 11.5 Å². The minimum absolute atomic E-state index is 0.164. The Labute approximate surface area is 206 Å². The van der Waals surface area contributed by atoms with Gasteiger partial charge < -0.3 is 14.8 Å². The molecule has 1 aliphatic heterocycles. The Morgan fingerprint density at radius 3 is 2.51 bits per heavy atom. The monoisotopic (exact) mass is 491 g/mol. The topological polar surface area (TPSA) is 72.2 Å². The van der Waals surface area contributed by atoms with Crippen LogP contribution in [0.2, 0.25) is 5.02 Å². The number of carbonyl (C=O) groups excluding carboxylic acids is 2. The van der Waals surface area contributed by atoms with E-state index in [0.29, 0.717) is 53.7 Å². The Balaban J connectivity index is 1.40. The van der Waals surface area contributed by atoms with E-state index in [9.17, 15) is 14.0 Å². The molecule has 1 saturated heterocycles. The van der Waals surface area contributed by atoms with E-state index in [1.54, 1.807) is 50.5 Å². The smallest absolute Gasteiger partial charge is 0.259 e. The predicted molar refractivity (Wildman–Crippen MR) is 132 cm³/mol. The van der Waals surface area contributed by atoms with Crippen LogP contribution in [-0.4, -0.2) is 44.2 Å². The van der Waals surface area contributed by atoms with E-state index in [1.165, 1.54) is 18.3 Å². The first-order chi connectivity index (χ1) is 17.0. The van der Waals surface area contributed by atoms with E-state index in [4.69, 9.17) is 11.6 Å². The lowest BCUT2D eigenvalue weighted by atomic mass is 9.96. The van der Waals surface area contributed by atoms with Crippen LogP contribution >= 0.6 is 11.6 Å². The number of para-hydroxylation sites is 1. The predicted octanol–water partition coefficient (Wildman–Crippen LogP) is 4.95. The van der Waals surface area contributed by atoms with Crippen molar-refractivity contribution in [2.75, 3.05) is 18.4 Å². The molecule has 35 heavy (non-hydrogen) atoms. The number of halogens is 2. The lowest BCUT2D eigenvalue weighted by Crippen LogP contribution is -2.44. The second-order valence-electron chi connectivity index (χ2n) is 8.42. The number of nitrogens with zero attached hydrogens (tertiary/aromatic N) is 4. The number of anilines is 1. The molecule has 0 aliphatic carbocycles. The maximum Gasteiger partial charge on any atom is 0.259 e. The number of likely N-dealkylation sites (tertiary alicyclic amines) is 1. The van der Waals surface area contributed by atoms with E-state index < -0.39 is 0 Å². The standard InChI is InChI=1S/C26H23ClFN5O2/c27-22-7-1-2-8-23(22)30-24(34)18-6-5-15-32(17-18)26(35)21-16-29-33(20-11-9-19(28)10-12-20)25(21)31-13-3-4-14-31/h1-4,7-14,16,18H,5-6,15,17H2,(H,30,34)/t18-/m1/s1. The molecule has 2 aromatic carbocycles. The Morgan fingerprint density at radius 1 is 1.03 bits per heavy atom. The molecule has 0 saturated carbocycles. The first-order valence-corrected chi connectivity index (χ1v) is 11.7. The number of nitrogens with one attached hydrogen (secondary N) is 1. The normalized spacial score (nSPS) is 15.7. The van der Waals surface area contributed by atoms with Crippen molar-refractivity contribution in [1.82, 2.24) is 19.2 Å². The van der Waals surface area contributed by atoms with Gasteiger partial charge in [-0.1, -0.05) is 23.7 Å². The number of rotatable bonds is 5. The van der Waals surface area contributed by atoms with Crippen LogP contribution in [0.4, 0.5) is 10.1 Å². The first-order valence-electron chi connectivity index (χ1n) is 11.3. The third-order valence-electron chi connectivity index (χ3n) is 6.11. The molecule has 2 amide bonds. The van der Waals surface area contributed by atoms with E-state index >= 15 is 0 Å². The Hall–Kier alpha value is -3.91. The maximum absolute atomic E-state index is 13.6. The molecule has 1 N–H and O–H groups in total. The minimum atomic E-state index is -0.355. The molecule has 3 heterocycles. The van der Waals surface area contributed by atoms with Crippen LogP contribution in [0.3, 0.4) is 0 Å². The van der Waals surface area contributed by atoms with E-state index in [0.717, 1.165) is 0 Å². The molecular weight excluding hydrogens is 469 g/mol. The highest BCUT2D eigenvalue weighted by Crippen LogP contribution is 2.26. The van der Waals surface area contributed by atoms with E-state index in [-0.39, 0.29) is 23.5 Å². The molecule has 0 radical (unpaired) electrons. The fourth-order valence-electron chi connectivity index (χ4n) is 4.33. The summed E-state index contributed by atoms with van der Waals surface area (Å²) in [5.41, 5.74) is 1.58. The third kappa shape index (κ3) is 4.70. The number of hydrogen-bond acceptors (Lipinski definition) is 3. The van der Waals surface area contributed by atoms with Gasteiger partial charge in [0.15, 0.2) is 5.82 Å². The lowest BCUT2D eigenvalue weighted by Gasteiger charge is -2.32. The summed E-state index contributed by atoms with van der Waals surface area (Å²) in [7, 11) is 0. The lowest BCUT2D eigenvalue weighted by molar-refractivity contribution is -0.121. The zero-order valence-corrected chi connectivity index (χ0v) is 19.5. The van der Waals surface area contributed by atoms with E-state index in [1.807, 2.05) is 24.5 Å². The van der Waals surface area contributed by atoms with Gasteiger partial charge in [0.2, 0.25) is 5.91 Å². The SMILES string of the molecule is O=C(Nc1ccccc1Cl)[C@@H]1CCCN(C(=O)c2cnn(-c3ccc(F)cc3)c2-n2cccc2)C1. The zero-order valence-electron chi connectivity index (χ0n) is 18.8. The van der Waals surface area contributed by atoms with Crippen LogP contribution < -0.4 is 5.32 Å². The number of carbonyl (C=O) groups is 2. The van der Waals surface area contributed by atoms with Crippen molar-refractivity contribution in [2.24, 2.45) is 5.92 Å². The first kappa shape index (κ1) is 22.9. The van der Waals surface area contributed by atoms with Crippen molar-refractivity contribution in [3.63, 3.8) is 0 Å². The highest BCUT2D eigenvalue weighted by Gasteiger charge is 2.31. The average molecular weight is 492 g/mol. The third-order valence-corrected chi connectivity index (χ3v) is 6.44.